The summed E-state index contributed by atoms with van der Waals surface area (Å²) in [5.41, 5.74) is 5.31. The first-order valence-electron chi connectivity index (χ1n) is 9.46. The van der Waals surface area contributed by atoms with E-state index >= 15 is 0 Å². The van der Waals surface area contributed by atoms with E-state index in [9.17, 15) is 10.1 Å². The molecule has 0 saturated carbocycles. The van der Waals surface area contributed by atoms with Crippen molar-refractivity contribution < 1.29 is 4.92 Å². The van der Waals surface area contributed by atoms with Gasteiger partial charge in [-0.15, -0.1) is 0 Å². The standard InChI is InChI=1S/C23H18ClN3O2/c24-19-10-3-1-8-16(19)18-13-25-22(14-6-5-7-15(12-14)27(28)29)23-21(18)17-9-2-4-11-20(17)26-23/h1-12,18,22,25-26H,13H2/t18-,22-/m0/s1. The molecule has 4 aromatic rings. The minimum Gasteiger partial charge on any atom is -0.357 e. The van der Waals surface area contributed by atoms with Crippen molar-refractivity contribution in [2.75, 3.05) is 6.54 Å². The van der Waals surface area contributed by atoms with Gasteiger partial charge in [0.2, 0.25) is 0 Å². The zero-order valence-corrected chi connectivity index (χ0v) is 16.2. The number of nitro benzene ring substituents is 1. The molecule has 5 nitrogen and oxygen atoms in total. The molecular formula is C23H18ClN3O2. The Morgan fingerprint density at radius 3 is 2.62 bits per heavy atom. The summed E-state index contributed by atoms with van der Waals surface area (Å²) in [5, 5.41) is 16.7. The van der Waals surface area contributed by atoms with Gasteiger partial charge in [0.15, 0.2) is 0 Å². The van der Waals surface area contributed by atoms with Gasteiger partial charge in [0.05, 0.1) is 11.0 Å². The van der Waals surface area contributed by atoms with Crippen LogP contribution in [-0.4, -0.2) is 16.5 Å². The summed E-state index contributed by atoms with van der Waals surface area (Å²) in [4.78, 5) is 14.5. The average molecular weight is 404 g/mol. The van der Waals surface area contributed by atoms with Crippen LogP contribution in [0.4, 0.5) is 5.69 Å². The van der Waals surface area contributed by atoms with Gasteiger partial charge in [-0.25, -0.2) is 0 Å². The van der Waals surface area contributed by atoms with E-state index in [1.54, 1.807) is 12.1 Å². The molecule has 0 bridgehead atoms. The van der Waals surface area contributed by atoms with E-state index in [-0.39, 0.29) is 22.6 Å². The second-order valence-corrected chi connectivity index (χ2v) is 7.67. The number of H-pyrrole nitrogens is 1. The second kappa shape index (κ2) is 7.03. The molecule has 5 rings (SSSR count). The van der Waals surface area contributed by atoms with Gasteiger partial charge < -0.3 is 10.3 Å². The van der Waals surface area contributed by atoms with Crippen LogP contribution in [0.5, 0.6) is 0 Å². The fourth-order valence-electron chi connectivity index (χ4n) is 4.35. The first-order chi connectivity index (χ1) is 14.1. The highest BCUT2D eigenvalue weighted by molar-refractivity contribution is 6.31. The van der Waals surface area contributed by atoms with Gasteiger partial charge in [0, 0.05) is 46.2 Å². The zero-order valence-electron chi connectivity index (χ0n) is 15.4. The molecule has 0 unspecified atom stereocenters. The van der Waals surface area contributed by atoms with Gasteiger partial charge in [0.1, 0.15) is 0 Å². The quantitative estimate of drug-likeness (QED) is 0.348. The van der Waals surface area contributed by atoms with E-state index in [0.717, 1.165) is 32.7 Å². The van der Waals surface area contributed by atoms with Gasteiger partial charge >= 0.3 is 0 Å². The molecule has 1 aromatic heterocycles. The van der Waals surface area contributed by atoms with Crippen LogP contribution in [0.1, 0.15) is 34.3 Å². The molecular weight excluding hydrogens is 386 g/mol. The number of halogens is 1. The molecule has 2 atom stereocenters. The van der Waals surface area contributed by atoms with Crippen molar-refractivity contribution in [3.63, 3.8) is 0 Å². The van der Waals surface area contributed by atoms with E-state index < -0.39 is 0 Å². The molecule has 0 spiro atoms. The Balaban J connectivity index is 1.70. The highest BCUT2D eigenvalue weighted by Crippen LogP contribution is 2.43. The molecule has 0 amide bonds. The van der Waals surface area contributed by atoms with Crippen molar-refractivity contribution in [2.45, 2.75) is 12.0 Å². The number of nitrogens with one attached hydrogen (secondary N) is 2. The van der Waals surface area contributed by atoms with E-state index in [1.165, 1.54) is 11.6 Å². The topological polar surface area (TPSA) is 71.0 Å². The molecule has 0 aliphatic carbocycles. The Morgan fingerprint density at radius 2 is 1.79 bits per heavy atom. The fraction of sp³-hybridized carbons (Fsp3) is 0.130. The molecule has 1 aliphatic rings. The smallest absolute Gasteiger partial charge is 0.269 e. The van der Waals surface area contributed by atoms with Gasteiger partial charge in [0.25, 0.3) is 5.69 Å². The lowest BCUT2D eigenvalue weighted by Gasteiger charge is -2.31. The Labute approximate surface area is 172 Å². The zero-order chi connectivity index (χ0) is 20.0. The number of hydrogen-bond donors (Lipinski definition) is 2. The second-order valence-electron chi connectivity index (χ2n) is 7.27. The molecule has 29 heavy (non-hydrogen) atoms. The largest absolute Gasteiger partial charge is 0.357 e. The number of aromatic nitrogens is 1. The maximum Gasteiger partial charge on any atom is 0.269 e. The van der Waals surface area contributed by atoms with Crippen LogP contribution < -0.4 is 5.32 Å². The molecule has 1 aliphatic heterocycles. The molecule has 2 N–H and O–H groups in total. The summed E-state index contributed by atoms with van der Waals surface area (Å²) in [5.74, 6) is 0.0878. The average Bonchev–Trinajstić information content (AvgIpc) is 3.13. The molecule has 6 heteroatoms. The number of para-hydroxylation sites is 1. The van der Waals surface area contributed by atoms with Gasteiger partial charge in [-0.3, -0.25) is 10.1 Å². The number of fused-ring (bicyclic) bond motifs is 3. The number of aromatic amines is 1. The van der Waals surface area contributed by atoms with E-state index in [1.807, 2.05) is 36.4 Å². The monoisotopic (exact) mass is 403 g/mol. The SMILES string of the molecule is O=[N+]([O-])c1cccc([C@@H]2NC[C@@H](c3ccccc3Cl)c3c2[nH]c2ccccc32)c1. The molecule has 0 radical (unpaired) electrons. The van der Waals surface area contributed by atoms with Crippen molar-refractivity contribution >= 4 is 28.2 Å². The maximum atomic E-state index is 11.3. The minimum absolute atomic E-state index is 0.0878. The third-order valence-corrected chi connectivity index (χ3v) is 5.98. The van der Waals surface area contributed by atoms with Crippen LogP contribution in [0.15, 0.2) is 72.8 Å². The summed E-state index contributed by atoms with van der Waals surface area (Å²) in [6.07, 6.45) is 0. The lowest BCUT2D eigenvalue weighted by Crippen LogP contribution is -2.34. The summed E-state index contributed by atoms with van der Waals surface area (Å²) in [6.45, 7) is 0.686. The van der Waals surface area contributed by atoms with Crippen LogP contribution in [0.2, 0.25) is 5.02 Å². The third kappa shape index (κ3) is 2.99. The van der Waals surface area contributed by atoms with E-state index in [0.29, 0.717) is 6.54 Å². The Bertz CT molecular complexity index is 1230. The van der Waals surface area contributed by atoms with Crippen molar-refractivity contribution in [2.24, 2.45) is 0 Å². The summed E-state index contributed by atoms with van der Waals surface area (Å²) < 4.78 is 0. The van der Waals surface area contributed by atoms with Crippen molar-refractivity contribution in [3.05, 3.63) is 110 Å². The molecule has 3 aromatic carbocycles. The number of nitro groups is 1. The first-order valence-corrected chi connectivity index (χ1v) is 9.84. The predicted molar refractivity (Wildman–Crippen MR) is 115 cm³/mol. The lowest BCUT2D eigenvalue weighted by molar-refractivity contribution is -0.384. The van der Waals surface area contributed by atoms with Crippen molar-refractivity contribution in [3.8, 4) is 0 Å². The maximum absolute atomic E-state index is 11.3. The van der Waals surface area contributed by atoms with Crippen LogP contribution >= 0.6 is 11.6 Å². The number of non-ortho nitro benzene ring substituents is 1. The van der Waals surface area contributed by atoms with Gasteiger partial charge in [-0.2, -0.15) is 0 Å². The Hall–Kier alpha value is -3.15. The Morgan fingerprint density at radius 1 is 1.00 bits per heavy atom. The lowest BCUT2D eigenvalue weighted by atomic mass is 9.83. The minimum atomic E-state index is -0.356. The van der Waals surface area contributed by atoms with E-state index in [2.05, 4.69) is 28.5 Å². The highest BCUT2D eigenvalue weighted by atomic mass is 35.5. The normalized spacial score (nSPS) is 18.5. The summed E-state index contributed by atoms with van der Waals surface area (Å²) in [6, 6.07) is 22.8. The van der Waals surface area contributed by atoms with Crippen LogP contribution in [0.3, 0.4) is 0 Å². The van der Waals surface area contributed by atoms with Crippen LogP contribution in [0.25, 0.3) is 10.9 Å². The highest BCUT2D eigenvalue weighted by Gasteiger charge is 2.33. The summed E-state index contributed by atoms with van der Waals surface area (Å²) >= 11 is 6.54. The predicted octanol–water partition coefficient (Wildman–Crippen LogP) is 5.55. The molecule has 0 saturated heterocycles. The van der Waals surface area contributed by atoms with E-state index in [4.69, 9.17) is 11.6 Å². The van der Waals surface area contributed by atoms with Crippen LogP contribution in [0, 0.1) is 10.1 Å². The molecule has 2 heterocycles. The molecule has 0 fully saturated rings. The number of rotatable bonds is 3. The number of benzene rings is 3. The third-order valence-electron chi connectivity index (χ3n) is 5.63. The number of hydrogen-bond acceptors (Lipinski definition) is 3. The van der Waals surface area contributed by atoms with Crippen molar-refractivity contribution in [1.29, 1.82) is 0 Å². The fourth-order valence-corrected chi connectivity index (χ4v) is 4.62. The first kappa shape index (κ1) is 17.9. The van der Waals surface area contributed by atoms with Crippen molar-refractivity contribution in [1.82, 2.24) is 10.3 Å². The van der Waals surface area contributed by atoms with Crippen LogP contribution in [-0.2, 0) is 0 Å². The Kier molecular flexibility index (Phi) is 4.34. The summed E-state index contributed by atoms with van der Waals surface area (Å²) in [7, 11) is 0. The number of nitrogens with zero attached hydrogens (tertiary/aromatic N) is 1. The van der Waals surface area contributed by atoms with Gasteiger partial charge in [-0.05, 0) is 28.8 Å². The van der Waals surface area contributed by atoms with Gasteiger partial charge in [-0.1, -0.05) is 60.1 Å². The molecule has 144 valence electrons.